The molecular formula is C20H22ClNO5. The first-order chi connectivity index (χ1) is 13.0. The van der Waals surface area contributed by atoms with Gasteiger partial charge in [0.2, 0.25) is 0 Å². The molecule has 1 amide bonds. The lowest BCUT2D eigenvalue weighted by Gasteiger charge is -2.09. The van der Waals surface area contributed by atoms with Gasteiger partial charge in [0.25, 0.3) is 5.91 Å². The van der Waals surface area contributed by atoms with E-state index in [1.54, 1.807) is 25.3 Å². The van der Waals surface area contributed by atoms with Crippen molar-refractivity contribution >= 4 is 23.5 Å². The molecule has 0 spiro atoms. The van der Waals surface area contributed by atoms with Gasteiger partial charge in [-0.05, 0) is 54.8 Å². The fourth-order valence-electron chi connectivity index (χ4n) is 2.23. The van der Waals surface area contributed by atoms with Crippen molar-refractivity contribution in [1.29, 1.82) is 0 Å². The Bertz CT molecular complexity index is 776. The van der Waals surface area contributed by atoms with Gasteiger partial charge in [-0.1, -0.05) is 23.7 Å². The van der Waals surface area contributed by atoms with Gasteiger partial charge in [-0.2, -0.15) is 0 Å². The Morgan fingerprint density at radius 2 is 1.74 bits per heavy atom. The lowest BCUT2D eigenvalue weighted by Crippen LogP contribution is -2.31. The van der Waals surface area contributed by atoms with Crippen molar-refractivity contribution < 1.29 is 23.8 Å². The molecule has 1 N–H and O–H groups in total. The number of ether oxygens (including phenoxy) is 3. The van der Waals surface area contributed by atoms with E-state index in [-0.39, 0.29) is 19.1 Å². The minimum Gasteiger partial charge on any atom is -0.497 e. The van der Waals surface area contributed by atoms with Crippen molar-refractivity contribution in [3.63, 3.8) is 0 Å². The zero-order chi connectivity index (χ0) is 19.6. The minimum absolute atomic E-state index is 0.278. The Balaban J connectivity index is 1.62. The highest BCUT2D eigenvalue weighted by Crippen LogP contribution is 2.20. The van der Waals surface area contributed by atoms with E-state index in [2.05, 4.69) is 5.32 Å². The van der Waals surface area contributed by atoms with Crippen LogP contribution in [-0.2, 0) is 20.7 Å². The average Bonchev–Trinajstić information content (AvgIpc) is 2.68. The van der Waals surface area contributed by atoms with Crippen molar-refractivity contribution in [2.75, 3.05) is 26.9 Å². The van der Waals surface area contributed by atoms with Crippen molar-refractivity contribution in [3.05, 3.63) is 58.6 Å². The number of hydrogen-bond donors (Lipinski definition) is 1. The van der Waals surface area contributed by atoms with E-state index in [1.165, 1.54) is 0 Å². The first-order valence-corrected chi connectivity index (χ1v) is 8.80. The maximum atomic E-state index is 11.7. The molecule has 0 heterocycles. The van der Waals surface area contributed by atoms with Gasteiger partial charge < -0.3 is 19.5 Å². The number of amides is 1. The fourth-order valence-corrected chi connectivity index (χ4v) is 2.34. The van der Waals surface area contributed by atoms with Gasteiger partial charge in [0, 0.05) is 11.6 Å². The summed E-state index contributed by atoms with van der Waals surface area (Å²) in [4.78, 5) is 23.4. The number of carbonyl (C=O) groups is 2. The summed E-state index contributed by atoms with van der Waals surface area (Å²) in [5, 5.41) is 3.32. The Labute approximate surface area is 163 Å². The molecule has 0 radical (unpaired) electrons. The van der Waals surface area contributed by atoms with E-state index in [9.17, 15) is 9.59 Å². The van der Waals surface area contributed by atoms with E-state index >= 15 is 0 Å². The van der Waals surface area contributed by atoms with Crippen LogP contribution in [0.25, 0.3) is 0 Å². The number of esters is 1. The molecule has 7 heteroatoms. The Hall–Kier alpha value is -2.73. The number of nitrogens with one attached hydrogen (secondary N) is 1. The molecule has 6 nitrogen and oxygen atoms in total. The van der Waals surface area contributed by atoms with Gasteiger partial charge in [0.15, 0.2) is 13.2 Å². The summed E-state index contributed by atoms with van der Waals surface area (Å²) in [6, 6.07) is 12.7. The molecule has 0 aliphatic heterocycles. The van der Waals surface area contributed by atoms with Crippen molar-refractivity contribution in [2.24, 2.45) is 0 Å². The molecule has 0 unspecified atom stereocenters. The molecule has 0 saturated carbocycles. The van der Waals surface area contributed by atoms with Crippen LogP contribution < -0.4 is 14.8 Å². The van der Waals surface area contributed by atoms with E-state index < -0.39 is 5.97 Å². The van der Waals surface area contributed by atoms with Crippen LogP contribution in [0.1, 0.15) is 11.1 Å². The van der Waals surface area contributed by atoms with Gasteiger partial charge in [-0.25, -0.2) is 4.79 Å². The summed E-state index contributed by atoms with van der Waals surface area (Å²) >= 11 is 5.93. The average molecular weight is 392 g/mol. The highest BCUT2D eigenvalue weighted by Gasteiger charge is 2.09. The summed E-state index contributed by atoms with van der Waals surface area (Å²) in [5.74, 6) is 0.315. The third-order valence-corrected chi connectivity index (χ3v) is 4.17. The van der Waals surface area contributed by atoms with E-state index in [0.717, 1.165) is 16.9 Å². The van der Waals surface area contributed by atoms with Crippen LogP contribution in [0.15, 0.2) is 42.5 Å². The minimum atomic E-state index is -0.618. The lowest BCUT2D eigenvalue weighted by molar-refractivity contribution is -0.150. The van der Waals surface area contributed by atoms with Crippen molar-refractivity contribution in [3.8, 4) is 11.5 Å². The molecule has 0 bridgehead atoms. The third-order valence-electron chi connectivity index (χ3n) is 3.75. The Kier molecular flexibility index (Phi) is 7.95. The van der Waals surface area contributed by atoms with Crippen molar-refractivity contribution in [1.82, 2.24) is 5.32 Å². The maximum absolute atomic E-state index is 11.7. The number of benzene rings is 2. The first kappa shape index (κ1) is 20.6. The molecule has 0 fully saturated rings. The third kappa shape index (κ3) is 7.19. The highest BCUT2D eigenvalue weighted by molar-refractivity contribution is 6.31. The summed E-state index contributed by atoms with van der Waals surface area (Å²) in [6.07, 6.45) is 0.669. The van der Waals surface area contributed by atoms with Crippen LogP contribution in [0.5, 0.6) is 11.5 Å². The molecule has 144 valence electrons. The van der Waals surface area contributed by atoms with Crippen molar-refractivity contribution in [2.45, 2.75) is 13.3 Å². The molecule has 0 aromatic heterocycles. The molecule has 0 aliphatic carbocycles. The quantitative estimate of drug-likeness (QED) is 0.665. The fraction of sp³-hybridized carbons (Fsp3) is 0.300. The van der Waals surface area contributed by atoms with Crippen LogP contribution in [0.2, 0.25) is 5.02 Å². The molecule has 0 saturated heterocycles. The SMILES string of the molecule is COc1ccc(CCNC(=O)COC(=O)COc2ccc(Cl)c(C)c2)cc1. The van der Waals surface area contributed by atoms with Crippen LogP contribution in [0.4, 0.5) is 0 Å². The molecular weight excluding hydrogens is 370 g/mol. The molecule has 2 aromatic carbocycles. The first-order valence-electron chi connectivity index (χ1n) is 8.42. The van der Waals surface area contributed by atoms with Gasteiger partial charge in [-0.3, -0.25) is 4.79 Å². The predicted octanol–water partition coefficient (Wildman–Crippen LogP) is 2.94. The summed E-state index contributed by atoms with van der Waals surface area (Å²) in [6.45, 7) is 1.66. The smallest absolute Gasteiger partial charge is 0.344 e. The normalized spacial score (nSPS) is 10.2. The maximum Gasteiger partial charge on any atom is 0.344 e. The second-order valence-corrected chi connectivity index (χ2v) is 6.22. The summed E-state index contributed by atoms with van der Waals surface area (Å²) in [7, 11) is 1.61. The molecule has 0 aliphatic rings. The number of carbonyl (C=O) groups excluding carboxylic acids is 2. The zero-order valence-electron chi connectivity index (χ0n) is 15.3. The topological polar surface area (TPSA) is 73.9 Å². The van der Waals surface area contributed by atoms with E-state index in [0.29, 0.717) is 23.7 Å². The van der Waals surface area contributed by atoms with Gasteiger partial charge in [0.05, 0.1) is 7.11 Å². The standard InChI is InChI=1S/C20H22ClNO5/c1-14-11-17(7-8-18(14)21)26-13-20(24)27-12-19(23)22-10-9-15-3-5-16(25-2)6-4-15/h3-8,11H,9-10,12-13H2,1-2H3,(H,22,23). The lowest BCUT2D eigenvalue weighted by atomic mass is 10.1. The number of methoxy groups -OCH3 is 1. The number of rotatable bonds is 9. The predicted molar refractivity (Wildman–Crippen MR) is 102 cm³/mol. The molecule has 27 heavy (non-hydrogen) atoms. The summed E-state index contributed by atoms with van der Waals surface area (Å²) in [5.41, 5.74) is 1.92. The second kappa shape index (κ2) is 10.4. The summed E-state index contributed by atoms with van der Waals surface area (Å²) < 4.78 is 15.3. The molecule has 0 atom stereocenters. The van der Waals surface area contributed by atoms with Gasteiger partial charge in [-0.15, -0.1) is 0 Å². The van der Waals surface area contributed by atoms with E-state index in [4.69, 9.17) is 25.8 Å². The number of halogens is 1. The second-order valence-electron chi connectivity index (χ2n) is 5.81. The van der Waals surface area contributed by atoms with E-state index in [1.807, 2.05) is 31.2 Å². The molecule has 2 rings (SSSR count). The Morgan fingerprint density at radius 1 is 1.04 bits per heavy atom. The Morgan fingerprint density at radius 3 is 2.41 bits per heavy atom. The van der Waals surface area contributed by atoms with Gasteiger partial charge in [0.1, 0.15) is 11.5 Å². The van der Waals surface area contributed by atoms with Crippen LogP contribution in [0.3, 0.4) is 0 Å². The number of hydrogen-bond acceptors (Lipinski definition) is 5. The van der Waals surface area contributed by atoms with Gasteiger partial charge >= 0.3 is 5.97 Å². The monoisotopic (exact) mass is 391 g/mol. The number of aryl methyl sites for hydroxylation is 1. The van der Waals surface area contributed by atoms with Crippen LogP contribution in [0, 0.1) is 6.92 Å². The molecule has 2 aromatic rings. The highest BCUT2D eigenvalue weighted by atomic mass is 35.5. The largest absolute Gasteiger partial charge is 0.497 e. The zero-order valence-corrected chi connectivity index (χ0v) is 16.0. The van der Waals surface area contributed by atoms with Crippen LogP contribution in [-0.4, -0.2) is 38.7 Å². The van der Waals surface area contributed by atoms with Crippen LogP contribution >= 0.6 is 11.6 Å².